The van der Waals surface area contributed by atoms with Gasteiger partial charge in [-0.3, -0.25) is 10.1 Å². The first-order valence-electron chi connectivity index (χ1n) is 7.76. The molecule has 0 radical (unpaired) electrons. The maximum Gasteiger partial charge on any atom is 0.257 e. The van der Waals surface area contributed by atoms with Crippen LogP contribution in [0.5, 0.6) is 5.75 Å². The number of ether oxygens (including phenoxy) is 1. The highest BCUT2D eigenvalue weighted by atomic mass is 32.1. The lowest BCUT2D eigenvalue weighted by Crippen LogP contribution is -2.12. The number of nitrogens with one attached hydrogen (secondary N) is 1. The Labute approximate surface area is 148 Å². The number of carbonyl (C=O) groups is 1. The Morgan fingerprint density at radius 3 is 2.72 bits per heavy atom. The summed E-state index contributed by atoms with van der Waals surface area (Å²) < 4.78 is 7.40. The number of nitrogens with zero attached hydrogens (tertiary/aromatic N) is 5. The molecule has 3 rings (SSSR count). The summed E-state index contributed by atoms with van der Waals surface area (Å²) in [5.74, 6) is 1.08. The Bertz CT molecular complexity index is 856. The summed E-state index contributed by atoms with van der Waals surface area (Å²) in [5, 5.41) is 16.8. The van der Waals surface area contributed by atoms with Gasteiger partial charge in [0.2, 0.25) is 0 Å². The standard InChI is InChI=1S/C16H18N6O2S/c1-10(2)22-14(19-20-21-22)8-24-13-6-4-12(5-7-13)15(23)18-16-17-11(3)9-25-16/h4-7,9-10H,8H2,1-3H3,(H,17,18,23). The van der Waals surface area contributed by atoms with Crippen molar-refractivity contribution in [2.75, 3.05) is 5.32 Å². The van der Waals surface area contributed by atoms with Crippen LogP contribution in [0.15, 0.2) is 29.6 Å². The van der Waals surface area contributed by atoms with Gasteiger partial charge in [0.25, 0.3) is 5.91 Å². The first-order chi connectivity index (χ1) is 12.0. The van der Waals surface area contributed by atoms with Crippen LogP contribution >= 0.6 is 11.3 Å². The first-order valence-corrected chi connectivity index (χ1v) is 8.64. The molecular weight excluding hydrogens is 340 g/mol. The molecule has 1 N–H and O–H groups in total. The topological polar surface area (TPSA) is 94.8 Å². The Morgan fingerprint density at radius 2 is 2.08 bits per heavy atom. The minimum absolute atomic E-state index is 0.161. The van der Waals surface area contributed by atoms with Crippen molar-refractivity contribution < 1.29 is 9.53 Å². The zero-order valence-corrected chi connectivity index (χ0v) is 14.9. The molecule has 8 nitrogen and oxygen atoms in total. The molecule has 0 saturated heterocycles. The molecule has 0 aliphatic heterocycles. The lowest BCUT2D eigenvalue weighted by molar-refractivity contribution is 0.102. The van der Waals surface area contributed by atoms with Gasteiger partial charge in [0.1, 0.15) is 12.4 Å². The van der Waals surface area contributed by atoms with Crippen molar-refractivity contribution in [3.05, 3.63) is 46.7 Å². The normalized spacial score (nSPS) is 10.9. The molecule has 0 bridgehead atoms. The molecule has 0 fully saturated rings. The minimum Gasteiger partial charge on any atom is -0.486 e. The molecule has 0 spiro atoms. The second-order valence-electron chi connectivity index (χ2n) is 5.69. The second-order valence-corrected chi connectivity index (χ2v) is 6.55. The van der Waals surface area contributed by atoms with E-state index in [1.165, 1.54) is 11.3 Å². The van der Waals surface area contributed by atoms with Crippen molar-refractivity contribution in [3.63, 3.8) is 0 Å². The molecule has 1 aromatic carbocycles. The SMILES string of the molecule is Cc1csc(NC(=O)c2ccc(OCc3nnnn3C(C)C)cc2)n1. The number of hydrogen-bond donors (Lipinski definition) is 1. The van der Waals surface area contributed by atoms with Crippen LogP contribution in [0.3, 0.4) is 0 Å². The number of tetrazole rings is 1. The summed E-state index contributed by atoms with van der Waals surface area (Å²) >= 11 is 1.40. The predicted octanol–water partition coefficient (Wildman–Crippen LogP) is 2.85. The number of amides is 1. The van der Waals surface area contributed by atoms with E-state index in [4.69, 9.17) is 4.74 Å². The van der Waals surface area contributed by atoms with Crippen LogP contribution in [0.4, 0.5) is 5.13 Å². The van der Waals surface area contributed by atoms with Gasteiger partial charge in [-0.15, -0.1) is 16.4 Å². The van der Waals surface area contributed by atoms with Gasteiger partial charge in [0.15, 0.2) is 11.0 Å². The Morgan fingerprint density at radius 1 is 1.32 bits per heavy atom. The van der Waals surface area contributed by atoms with Gasteiger partial charge in [0.05, 0.1) is 11.7 Å². The fourth-order valence-electron chi connectivity index (χ4n) is 2.14. The zero-order chi connectivity index (χ0) is 17.8. The summed E-state index contributed by atoms with van der Waals surface area (Å²) in [6, 6.07) is 7.05. The van der Waals surface area contributed by atoms with Crippen molar-refractivity contribution in [2.45, 2.75) is 33.4 Å². The summed E-state index contributed by atoms with van der Waals surface area (Å²) in [7, 11) is 0. The Balaban J connectivity index is 1.60. The third kappa shape index (κ3) is 4.18. The van der Waals surface area contributed by atoms with Crippen LogP contribution in [-0.4, -0.2) is 31.1 Å². The molecule has 2 heterocycles. The average Bonchev–Trinajstić information content (AvgIpc) is 3.22. The maximum atomic E-state index is 12.2. The molecule has 0 aliphatic carbocycles. The molecule has 3 aromatic rings. The highest BCUT2D eigenvalue weighted by molar-refractivity contribution is 7.13. The van der Waals surface area contributed by atoms with E-state index >= 15 is 0 Å². The maximum absolute atomic E-state index is 12.2. The van der Waals surface area contributed by atoms with Crippen LogP contribution < -0.4 is 10.1 Å². The smallest absolute Gasteiger partial charge is 0.257 e. The number of thiazole rings is 1. The van der Waals surface area contributed by atoms with E-state index in [0.717, 1.165) is 5.69 Å². The zero-order valence-electron chi connectivity index (χ0n) is 14.1. The molecule has 0 atom stereocenters. The fraction of sp³-hybridized carbons (Fsp3) is 0.312. The predicted molar refractivity (Wildman–Crippen MR) is 93.8 cm³/mol. The molecule has 0 unspecified atom stereocenters. The van der Waals surface area contributed by atoms with Gasteiger partial charge in [0, 0.05) is 10.9 Å². The average molecular weight is 358 g/mol. The van der Waals surface area contributed by atoms with Crippen molar-refractivity contribution in [2.24, 2.45) is 0 Å². The molecule has 9 heteroatoms. The lowest BCUT2D eigenvalue weighted by atomic mass is 10.2. The van der Waals surface area contributed by atoms with Crippen LogP contribution in [0.25, 0.3) is 0 Å². The molecule has 0 saturated carbocycles. The van der Waals surface area contributed by atoms with Crippen LogP contribution in [0.2, 0.25) is 0 Å². The number of benzene rings is 1. The van der Waals surface area contributed by atoms with Crippen LogP contribution in [0.1, 0.15) is 41.8 Å². The number of aryl methyl sites for hydroxylation is 1. The summed E-state index contributed by atoms with van der Waals surface area (Å²) in [5.41, 5.74) is 1.42. The largest absolute Gasteiger partial charge is 0.486 e. The van der Waals surface area contributed by atoms with Gasteiger partial charge in [-0.05, 0) is 55.5 Å². The van der Waals surface area contributed by atoms with Gasteiger partial charge >= 0.3 is 0 Å². The van der Waals surface area contributed by atoms with Crippen LogP contribution in [0, 0.1) is 6.92 Å². The number of hydrogen-bond acceptors (Lipinski definition) is 7. The Kier molecular flexibility index (Phi) is 5.03. The monoisotopic (exact) mass is 358 g/mol. The van der Waals surface area contributed by atoms with E-state index in [2.05, 4.69) is 25.8 Å². The number of carbonyl (C=O) groups excluding carboxylic acids is 1. The van der Waals surface area contributed by atoms with E-state index in [1.54, 1.807) is 28.9 Å². The highest BCUT2D eigenvalue weighted by Gasteiger charge is 2.11. The molecular formula is C16H18N6O2S. The van der Waals surface area contributed by atoms with Gasteiger partial charge in [-0.2, -0.15) is 0 Å². The number of anilines is 1. The minimum atomic E-state index is -0.204. The summed E-state index contributed by atoms with van der Waals surface area (Å²) in [6.45, 7) is 6.14. The van der Waals surface area contributed by atoms with E-state index in [0.29, 0.717) is 22.3 Å². The second kappa shape index (κ2) is 7.39. The third-order valence-electron chi connectivity index (χ3n) is 3.37. The molecule has 1 amide bonds. The summed E-state index contributed by atoms with van der Waals surface area (Å²) in [4.78, 5) is 16.4. The quantitative estimate of drug-likeness (QED) is 0.728. The van der Waals surface area contributed by atoms with E-state index < -0.39 is 0 Å². The summed E-state index contributed by atoms with van der Waals surface area (Å²) in [6.07, 6.45) is 0. The number of aromatic nitrogens is 5. The molecule has 2 aromatic heterocycles. The van der Waals surface area contributed by atoms with Crippen molar-refractivity contribution in [3.8, 4) is 5.75 Å². The van der Waals surface area contributed by atoms with Gasteiger partial charge in [-0.25, -0.2) is 9.67 Å². The molecule has 130 valence electrons. The molecule has 0 aliphatic rings. The highest BCUT2D eigenvalue weighted by Crippen LogP contribution is 2.18. The van der Waals surface area contributed by atoms with Crippen molar-refractivity contribution in [1.82, 2.24) is 25.2 Å². The van der Waals surface area contributed by atoms with E-state index in [1.807, 2.05) is 26.2 Å². The lowest BCUT2D eigenvalue weighted by Gasteiger charge is -2.09. The number of rotatable bonds is 6. The van der Waals surface area contributed by atoms with Crippen molar-refractivity contribution >= 4 is 22.4 Å². The third-order valence-corrected chi connectivity index (χ3v) is 4.25. The first kappa shape index (κ1) is 17.0. The van der Waals surface area contributed by atoms with E-state index in [-0.39, 0.29) is 18.6 Å². The van der Waals surface area contributed by atoms with Gasteiger partial charge in [-0.1, -0.05) is 0 Å². The van der Waals surface area contributed by atoms with Crippen molar-refractivity contribution in [1.29, 1.82) is 0 Å². The van der Waals surface area contributed by atoms with E-state index in [9.17, 15) is 4.79 Å². The fourth-order valence-corrected chi connectivity index (χ4v) is 2.82. The molecule has 25 heavy (non-hydrogen) atoms. The van der Waals surface area contributed by atoms with Gasteiger partial charge < -0.3 is 4.74 Å². The Hall–Kier alpha value is -2.81. The van der Waals surface area contributed by atoms with Crippen LogP contribution in [-0.2, 0) is 6.61 Å².